The number of nitrogens with zero attached hydrogens (tertiary/aromatic N) is 2. The zero-order chi connectivity index (χ0) is 27.6. The summed E-state index contributed by atoms with van der Waals surface area (Å²) in [6.07, 6.45) is 0. The van der Waals surface area contributed by atoms with Gasteiger partial charge < -0.3 is 9.88 Å². The third-order valence-electron chi connectivity index (χ3n) is 8.43. The zero-order valence-corrected chi connectivity index (χ0v) is 23.5. The van der Waals surface area contributed by atoms with Crippen LogP contribution in [0.2, 0.25) is 0 Å². The number of nitrogens with one attached hydrogen (secondary N) is 1. The number of benzene rings is 6. The van der Waals surface area contributed by atoms with E-state index in [1.807, 2.05) is 11.3 Å². The summed E-state index contributed by atoms with van der Waals surface area (Å²) < 4.78 is 5.06. The van der Waals surface area contributed by atoms with Crippen LogP contribution in [0, 0.1) is 0 Å². The third kappa shape index (κ3) is 3.55. The highest BCUT2D eigenvalue weighted by Gasteiger charge is 2.24. The number of fused-ring (bicyclic) bond motifs is 7. The van der Waals surface area contributed by atoms with Crippen LogP contribution < -0.4 is 5.32 Å². The molecule has 6 aromatic carbocycles. The molecule has 1 N–H and O–H groups in total. The summed E-state index contributed by atoms with van der Waals surface area (Å²) in [5, 5.41) is 8.81. The normalized spacial score (nSPS) is 14.8. The van der Waals surface area contributed by atoms with Gasteiger partial charge in [0.1, 0.15) is 11.9 Å². The molecule has 9 rings (SSSR count). The van der Waals surface area contributed by atoms with Crippen LogP contribution in [0.4, 0.5) is 5.69 Å². The Morgan fingerprint density at radius 3 is 2.29 bits per heavy atom. The number of aromatic nitrogens is 1. The summed E-state index contributed by atoms with van der Waals surface area (Å²) in [7, 11) is 0. The minimum absolute atomic E-state index is 0.0595. The molecule has 1 atom stereocenters. The molecule has 0 aliphatic carbocycles. The molecule has 2 aromatic heterocycles. The Morgan fingerprint density at radius 1 is 0.571 bits per heavy atom. The highest BCUT2D eigenvalue weighted by atomic mass is 32.1. The maximum atomic E-state index is 5.28. The SMILES string of the molecule is c1ccc(C2N=C(c3cccc(-n4c5ccccc5c5cc6sc7ccccc7c6cc54)c3)Nc3ccccc32)cc1. The molecule has 1 unspecified atom stereocenters. The fourth-order valence-electron chi connectivity index (χ4n) is 6.50. The van der Waals surface area contributed by atoms with Crippen molar-refractivity contribution in [1.82, 2.24) is 4.57 Å². The van der Waals surface area contributed by atoms with Gasteiger partial charge in [-0.05, 0) is 48.0 Å². The van der Waals surface area contributed by atoms with E-state index in [4.69, 9.17) is 4.99 Å². The van der Waals surface area contributed by atoms with Crippen LogP contribution in [0.3, 0.4) is 0 Å². The molecule has 3 nitrogen and oxygen atoms in total. The number of para-hydroxylation sites is 2. The van der Waals surface area contributed by atoms with Gasteiger partial charge in [-0.1, -0.05) is 97.1 Å². The first-order valence-corrected chi connectivity index (χ1v) is 15.1. The molecule has 198 valence electrons. The minimum atomic E-state index is -0.0595. The van der Waals surface area contributed by atoms with Crippen LogP contribution in [0.5, 0.6) is 0 Å². The smallest absolute Gasteiger partial charge is 0.133 e. The average Bonchev–Trinajstić information content (AvgIpc) is 3.58. The van der Waals surface area contributed by atoms with E-state index in [0.29, 0.717) is 0 Å². The lowest BCUT2D eigenvalue weighted by Gasteiger charge is -2.26. The van der Waals surface area contributed by atoms with E-state index < -0.39 is 0 Å². The van der Waals surface area contributed by atoms with Crippen LogP contribution >= 0.6 is 11.3 Å². The molecule has 0 saturated heterocycles. The number of hydrogen-bond donors (Lipinski definition) is 1. The van der Waals surface area contributed by atoms with E-state index in [2.05, 4.69) is 149 Å². The Bertz CT molecular complexity index is 2340. The topological polar surface area (TPSA) is 29.3 Å². The van der Waals surface area contributed by atoms with Gasteiger partial charge in [-0.3, -0.25) is 4.99 Å². The predicted molar refractivity (Wildman–Crippen MR) is 179 cm³/mol. The van der Waals surface area contributed by atoms with Gasteiger partial charge in [-0.2, -0.15) is 0 Å². The van der Waals surface area contributed by atoms with Gasteiger partial charge in [0, 0.05) is 53.4 Å². The molecule has 0 amide bonds. The van der Waals surface area contributed by atoms with Crippen LogP contribution in [0.15, 0.2) is 145 Å². The second-order valence-electron chi connectivity index (χ2n) is 10.9. The van der Waals surface area contributed by atoms with Crippen molar-refractivity contribution in [1.29, 1.82) is 0 Å². The van der Waals surface area contributed by atoms with Crippen molar-refractivity contribution >= 4 is 64.8 Å². The maximum Gasteiger partial charge on any atom is 0.133 e. The lowest BCUT2D eigenvalue weighted by Crippen LogP contribution is -2.22. The molecule has 1 aliphatic heterocycles. The highest BCUT2D eigenvalue weighted by molar-refractivity contribution is 7.25. The quantitative estimate of drug-likeness (QED) is 0.231. The summed E-state index contributed by atoms with van der Waals surface area (Å²) in [6, 6.07) is 50.0. The number of anilines is 1. The Balaban J connectivity index is 1.25. The Hall–Kier alpha value is -5.19. The summed E-state index contributed by atoms with van der Waals surface area (Å²) in [5.74, 6) is 0.886. The molecular weight excluding hydrogens is 531 g/mol. The molecule has 0 radical (unpaired) electrons. The van der Waals surface area contributed by atoms with E-state index in [1.54, 1.807) is 0 Å². The molecule has 3 heterocycles. The summed E-state index contributed by atoms with van der Waals surface area (Å²) in [4.78, 5) is 5.28. The molecule has 42 heavy (non-hydrogen) atoms. The monoisotopic (exact) mass is 555 g/mol. The molecule has 0 fully saturated rings. The molecule has 0 saturated carbocycles. The largest absolute Gasteiger partial charge is 0.340 e. The summed E-state index contributed by atoms with van der Waals surface area (Å²) in [5.41, 5.74) is 8.10. The lowest BCUT2D eigenvalue weighted by atomic mass is 9.95. The fourth-order valence-corrected chi connectivity index (χ4v) is 7.63. The minimum Gasteiger partial charge on any atom is -0.340 e. The van der Waals surface area contributed by atoms with Gasteiger partial charge in [-0.15, -0.1) is 11.3 Å². The number of hydrogen-bond acceptors (Lipinski definition) is 3. The van der Waals surface area contributed by atoms with Crippen LogP contribution in [-0.4, -0.2) is 10.4 Å². The first kappa shape index (κ1) is 23.5. The predicted octanol–water partition coefficient (Wildman–Crippen LogP) is 10.1. The van der Waals surface area contributed by atoms with Crippen molar-refractivity contribution in [2.75, 3.05) is 5.32 Å². The lowest BCUT2D eigenvalue weighted by molar-refractivity contribution is 0.863. The van der Waals surface area contributed by atoms with Crippen LogP contribution in [-0.2, 0) is 0 Å². The van der Waals surface area contributed by atoms with Gasteiger partial charge >= 0.3 is 0 Å². The fraction of sp³-hybridized carbons (Fsp3) is 0.0263. The number of aliphatic imine (C=N–C) groups is 1. The van der Waals surface area contributed by atoms with Crippen molar-refractivity contribution in [2.24, 2.45) is 4.99 Å². The molecule has 8 aromatic rings. The van der Waals surface area contributed by atoms with Crippen molar-refractivity contribution in [3.05, 3.63) is 156 Å². The van der Waals surface area contributed by atoms with E-state index in [-0.39, 0.29) is 6.04 Å². The number of rotatable bonds is 3. The number of thiophene rings is 1. The van der Waals surface area contributed by atoms with Crippen molar-refractivity contribution in [3.8, 4) is 5.69 Å². The summed E-state index contributed by atoms with van der Waals surface area (Å²) >= 11 is 1.87. The highest BCUT2D eigenvalue weighted by Crippen LogP contribution is 2.41. The van der Waals surface area contributed by atoms with E-state index in [1.165, 1.54) is 53.1 Å². The van der Waals surface area contributed by atoms with Crippen LogP contribution in [0.1, 0.15) is 22.7 Å². The van der Waals surface area contributed by atoms with E-state index in [9.17, 15) is 0 Å². The Morgan fingerprint density at radius 2 is 1.36 bits per heavy atom. The first-order chi connectivity index (χ1) is 20.8. The molecular formula is C38H25N3S. The maximum absolute atomic E-state index is 5.28. The standard InChI is InChI=1S/C38H25N3S/c1-2-11-24(12-3-1)37-29-17-4-7-18-32(29)39-38(40-37)25-13-10-14-26(21-25)41-33-19-8-5-15-27(33)30-23-36-31(22-34(30)41)28-16-6-9-20-35(28)42-36/h1-23,37H,(H,39,40). The second-order valence-corrected chi connectivity index (χ2v) is 12.0. The van der Waals surface area contributed by atoms with E-state index in [0.717, 1.165) is 22.8 Å². The molecule has 4 heteroatoms. The van der Waals surface area contributed by atoms with Crippen molar-refractivity contribution in [3.63, 3.8) is 0 Å². The zero-order valence-electron chi connectivity index (χ0n) is 22.7. The molecule has 0 spiro atoms. The number of amidine groups is 1. The molecule has 0 bridgehead atoms. The van der Waals surface area contributed by atoms with Gasteiger partial charge in [0.05, 0.1) is 11.0 Å². The van der Waals surface area contributed by atoms with Gasteiger partial charge in [0.15, 0.2) is 0 Å². The van der Waals surface area contributed by atoms with Gasteiger partial charge in [0.2, 0.25) is 0 Å². The first-order valence-electron chi connectivity index (χ1n) is 14.3. The van der Waals surface area contributed by atoms with Crippen LogP contribution in [0.25, 0.3) is 47.7 Å². The second kappa shape index (κ2) is 9.16. The van der Waals surface area contributed by atoms with Gasteiger partial charge in [-0.25, -0.2) is 0 Å². The average molecular weight is 556 g/mol. The van der Waals surface area contributed by atoms with Crippen molar-refractivity contribution in [2.45, 2.75) is 6.04 Å². The Labute approximate surface area is 247 Å². The summed E-state index contributed by atoms with van der Waals surface area (Å²) in [6.45, 7) is 0. The third-order valence-corrected chi connectivity index (χ3v) is 9.56. The molecule has 1 aliphatic rings. The van der Waals surface area contributed by atoms with Gasteiger partial charge in [0.25, 0.3) is 0 Å². The Kier molecular flexibility index (Phi) is 5.13. The van der Waals surface area contributed by atoms with E-state index >= 15 is 0 Å². The van der Waals surface area contributed by atoms with Crippen molar-refractivity contribution < 1.29 is 0 Å².